The molecule has 0 unspecified atom stereocenters. The predicted octanol–water partition coefficient (Wildman–Crippen LogP) is 1.09. The Labute approximate surface area is 130 Å². The Morgan fingerprint density at radius 2 is 2.09 bits per heavy atom. The second kappa shape index (κ2) is 8.10. The highest BCUT2D eigenvalue weighted by Gasteiger charge is 2.19. The molecule has 0 saturated carbocycles. The first kappa shape index (κ1) is 16.7. The lowest BCUT2D eigenvalue weighted by atomic mass is 10.1. The molecule has 1 saturated heterocycles. The van der Waals surface area contributed by atoms with Gasteiger partial charge in [0.25, 0.3) is 0 Å². The Morgan fingerprint density at radius 3 is 2.77 bits per heavy atom. The number of amides is 1. The van der Waals surface area contributed by atoms with Crippen molar-refractivity contribution in [1.29, 1.82) is 0 Å². The summed E-state index contributed by atoms with van der Waals surface area (Å²) in [5, 5.41) is 0. The van der Waals surface area contributed by atoms with Gasteiger partial charge >= 0.3 is 0 Å². The maximum Gasteiger partial charge on any atom is 0.236 e. The zero-order valence-electron chi connectivity index (χ0n) is 13.0. The molecule has 1 heterocycles. The van der Waals surface area contributed by atoms with Crippen LogP contribution in [0.1, 0.15) is 12.8 Å². The normalized spacial score (nSPS) is 16.5. The van der Waals surface area contributed by atoms with Gasteiger partial charge in [0.05, 0.1) is 13.1 Å². The third kappa shape index (κ3) is 4.96. The van der Waals surface area contributed by atoms with Crippen LogP contribution in [0.3, 0.4) is 0 Å². The molecule has 122 valence electrons. The number of benzene rings is 1. The first-order valence-corrected chi connectivity index (χ1v) is 7.65. The number of carbonyl (C=O) groups excluding carboxylic acids is 1. The minimum Gasteiger partial charge on any atom is -0.489 e. The van der Waals surface area contributed by atoms with Crippen LogP contribution < -0.4 is 10.5 Å². The molecular weight excluding hydrogens is 285 g/mol. The molecule has 22 heavy (non-hydrogen) atoms. The van der Waals surface area contributed by atoms with Crippen LogP contribution >= 0.6 is 0 Å². The highest BCUT2D eigenvalue weighted by Crippen LogP contribution is 2.15. The molecule has 2 N–H and O–H groups in total. The van der Waals surface area contributed by atoms with Gasteiger partial charge < -0.3 is 15.4 Å². The number of ether oxygens (including phenoxy) is 1. The van der Waals surface area contributed by atoms with Gasteiger partial charge in [-0.15, -0.1) is 0 Å². The van der Waals surface area contributed by atoms with E-state index in [-0.39, 0.29) is 30.1 Å². The number of hydrogen-bond donors (Lipinski definition) is 1. The SMILES string of the molecule is CN(CCOc1ccccc1F)C(=O)CN1CCC(N)CC1. The van der Waals surface area contributed by atoms with Crippen LogP contribution in [0, 0.1) is 5.82 Å². The van der Waals surface area contributed by atoms with Gasteiger partial charge in [-0.05, 0) is 25.0 Å². The van der Waals surface area contributed by atoms with E-state index in [2.05, 4.69) is 4.90 Å². The van der Waals surface area contributed by atoms with Gasteiger partial charge in [-0.3, -0.25) is 9.69 Å². The largest absolute Gasteiger partial charge is 0.489 e. The summed E-state index contributed by atoms with van der Waals surface area (Å²) in [6.45, 7) is 2.84. The predicted molar refractivity (Wildman–Crippen MR) is 83.2 cm³/mol. The third-order valence-electron chi connectivity index (χ3n) is 3.94. The summed E-state index contributed by atoms with van der Waals surface area (Å²) in [5.41, 5.74) is 5.85. The van der Waals surface area contributed by atoms with Crippen molar-refractivity contribution in [3.8, 4) is 5.75 Å². The van der Waals surface area contributed by atoms with Crippen molar-refractivity contribution in [1.82, 2.24) is 9.80 Å². The van der Waals surface area contributed by atoms with Crippen molar-refractivity contribution in [2.75, 3.05) is 39.8 Å². The Bertz CT molecular complexity index is 490. The number of piperidine rings is 1. The minimum absolute atomic E-state index is 0.0487. The van der Waals surface area contributed by atoms with Crippen molar-refractivity contribution in [3.63, 3.8) is 0 Å². The van der Waals surface area contributed by atoms with Crippen LogP contribution in [-0.2, 0) is 4.79 Å². The topological polar surface area (TPSA) is 58.8 Å². The number of carbonyl (C=O) groups is 1. The summed E-state index contributed by atoms with van der Waals surface area (Å²) in [6, 6.07) is 6.52. The minimum atomic E-state index is -0.388. The van der Waals surface area contributed by atoms with E-state index in [1.54, 1.807) is 30.1 Å². The Hall–Kier alpha value is -1.66. The van der Waals surface area contributed by atoms with E-state index < -0.39 is 0 Å². The van der Waals surface area contributed by atoms with Crippen molar-refractivity contribution in [2.45, 2.75) is 18.9 Å². The lowest BCUT2D eigenvalue weighted by Crippen LogP contribution is -2.45. The van der Waals surface area contributed by atoms with Gasteiger partial charge in [-0.25, -0.2) is 4.39 Å². The third-order valence-corrected chi connectivity index (χ3v) is 3.94. The molecule has 0 bridgehead atoms. The number of nitrogens with zero attached hydrogens (tertiary/aromatic N) is 2. The first-order chi connectivity index (χ1) is 10.6. The highest BCUT2D eigenvalue weighted by molar-refractivity contribution is 5.78. The second-order valence-electron chi connectivity index (χ2n) is 5.71. The van der Waals surface area contributed by atoms with Crippen LogP contribution in [-0.4, -0.2) is 61.6 Å². The fourth-order valence-corrected chi connectivity index (χ4v) is 2.40. The zero-order chi connectivity index (χ0) is 15.9. The lowest BCUT2D eigenvalue weighted by Gasteiger charge is -2.30. The molecule has 2 rings (SSSR count). The second-order valence-corrected chi connectivity index (χ2v) is 5.71. The van der Waals surface area contributed by atoms with E-state index in [9.17, 15) is 9.18 Å². The summed E-state index contributed by atoms with van der Waals surface area (Å²) < 4.78 is 18.8. The number of rotatable bonds is 6. The molecule has 0 spiro atoms. The molecule has 0 atom stereocenters. The molecule has 0 aliphatic carbocycles. The van der Waals surface area contributed by atoms with Crippen molar-refractivity contribution >= 4 is 5.91 Å². The van der Waals surface area contributed by atoms with Crippen molar-refractivity contribution in [2.24, 2.45) is 5.73 Å². The number of hydrogen-bond acceptors (Lipinski definition) is 4. The highest BCUT2D eigenvalue weighted by atomic mass is 19.1. The van der Waals surface area contributed by atoms with Gasteiger partial charge in [-0.2, -0.15) is 0 Å². The number of nitrogens with two attached hydrogens (primary N) is 1. The summed E-state index contributed by atoms with van der Waals surface area (Å²) in [6.07, 6.45) is 1.88. The molecule has 0 aromatic heterocycles. The average molecular weight is 309 g/mol. The van der Waals surface area contributed by atoms with Crippen molar-refractivity contribution < 1.29 is 13.9 Å². The maximum atomic E-state index is 13.4. The molecule has 1 aliphatic rings. The number of para-hydroxylation sites is 1. The molecule has 1 amide bonds. The molecule has 1 aliphatic heterocycles. The lowest BCUT2D eigenvalue weighted by molar-refractivity contribution is -0.131. The van der Waals surface area contributed by atoms with Gasteiger partial charge in [-0.1, -0.05) is 12.1 Å². The van der Waals surface area contributed by atoms with Crippen LogP contribution in [0.2, 0.25) is 0 Å². The Morgan fingerprint density at radius 1 is 1.41 bits per heavy atom. The van der Waals surface area contributed by atoms with Crippen LogP contribution in [0.4, 0.5) is 4.39 Å². The number of halogens is 1. The monoisotopic (exact) mass is 309 g/mol. The van der Waals surface area contributed by atoms with E-state index >= 15 is 0 Å². The average Bonchev–Trinajstić information content (AvgIpc) is 2.51. The summed E-state index contributed by atoms with van der Waals surface area (Å²) in [5.74, 6) is -0.123. The standard InChI is InChI=1S/C16H24FN3O2/c1-19(10-11-22-15-5-3-2-4-14(15)17)16(21)12-20-8-6-13(18)7-9-20/h2-5,13H,6-12,18H2,1H3. The fraction of sp³-hybridized carbons (Fsp3) is 0.562. The smallest absolute Gasteiger partial charge is 0.236 e. The van der Waals surface area contributed by atoms with E-state index in [0.29, 0.717) is 13.1 Å². The summed E-state index contributed by atoms with van der Waals surface area (Å²) in [7, 11) is 1.74. The Kier molecular flexibility index (Phi) is 6.15. The molecular formula is C16H24FN3O2. The van der Waals surface area contributed by atoms with Crippen molar-refractivity contribution in [3.05, 3.63) is 30.1 Å². The fourth-order valence-electron chi connectivity index (χ4n) is 2.40. The quantitative estimate of drug-likeness (QED) is 0.854. The van der Waals surface area contributed by atoms with Gasteiger partial charge in [0.15, 0.2) is 11.6 Å². The number of likely N-dealkylation sites (N-methyl/N-ethyl adjacent to an activating group) is 1. The Balaban J connectivity index is 1.69. The van der Waals surface area contributed by atoms with Crippen LogP contribution in [0.15, 0.2) is 24.3 Å². The van der Waals surface area contributed by atoms with E-state index in [0.717, 1.165) is 25.9 Å². The molecule has 6 heteroatoms. The maximum absolute atomic E-state index is 13.4. The molecule has 1 fully saturated rings. The van der Waals surface area contributed by atoms with E-state index in [1.807, 2.05) is 0 Å². The molecule has 1 aromatic carbocycles. The van der Waals surface area contributed by atoms with E-state index in [4.69, 9.17) is 10.5 Å². The summed E-state index contributed by atoms with van der Waals surface area (Å²) >= 11 is 0. The van der Waals surface area contributed by atoms with E-state index in [1.165, 1.54) is 6.07 Å². The first-order valence-electron chi connectivity index (χ1n) is 7.65. The molecule has 0 radical (unpaired) electrons. The van der Waals surface area contributed by atoms with Gasteiger partial charge in [0, 0.05) is 26.2 Å². The number of likely N-dealkylation sites (tertiary alicyclic amines) is 1. The molecule has 5 nitrogen and oxygen atoms in total. The van der Waals surface area contributed by atoms with Gasteiger partial charge in [0.1, 0.15) is 6.61 Å². The summed E-state index contributed by atoms with van der Waals surface area (Å²) in [4.78, 5) is 15.9. The van der Waals surface area contributed by atoms with Crippen LogP contribution in [0.5, 0.6) is 5.75 Å². The zero-order valence-corrected chi connectivity index (χ0v) is 13.0. The van der Waals surface area contributed by atoms with Crippen LogP contribution in [0.25, 0.3) is 0 Å². The molecule has 1 aromatic rings. The van der Waals surface area contributed by atoms with Gasteiger partial charge in [0.2, 0.25) is 5.91 Å².